The van der Waals surface area contributed by atoms with Crippen LogP contribution < -0.4 is 10.3 Å². The highest BCUT2D eigenvalue weighted by molar-refractivity contribution is 5.92. The Balaban J connectivity index is 0.00000256. The summed E-state index contributed by atoms with van der Waals surface area (Å²) in [6.07, 6.45) is 3.59. The average molecular weight is 439 g/mol. The van der Waals surface area contributed by atoms with E-state index in [2.05, 4.69) is 9.88 Å². The second-order valence-electron chi connectivity index (χ2n) is 7.76. The summed E-state index contributed by atoms with van der Waals surface area (Å²) in [6, 6.07) is 1.21. The van der Waals surface area contributed by atoms with Gasteiger partial charge in [0.25, 0.3) is 0 Å². The van der Waals surface area contributed by atoms with Crippen LogP contribution in [0.4, 0.5) is 10.2 Å². The lowest BCUT2D eigenvalue weighted by atomic mass is 10.1. The Morgan fingerprint density at radius 1 is 1.23 bits per heavy atom. The fraction of sp³-hybridized carbons (Fsp3) is 0.500. The smallest absolute Gasteiger partial charge is 0.341 e. The number of nitrogens with zero attached hydrogens (tertiary/aromatic N) is 4. The number of halogens is 2. The summed E-state index contributed by atoms with van der Waals surface area (Å²) < 4.78 is 16.6. The highest BCUT2D eigenvalue weighted by Crippen LogP contribution is 2.37. The maximum atomic E-state index is 14.9. The molecule has 2 aromatic heterocycles. The molecule has 1 aliphatic heterocycles. The predicted octanol–water partition coefficient (Wildman–Crippen LogP) is 2.09. The minimum Gasteiger partial charge on any atom is -0.477 e. The van der Waals surface area contributed by atoms with Crippen molar-refractivity contribution < 1.29 is 19.1 Å². The fourth-order valence-corrected chi connectivity index (χ4v) is 3.74. The highest BCUT2D eigenvalue weighted by atomic mass is 35.5. The van der Waals surface area contributed by atoms with Crippen molar-refractivity contribution in [2.75, 3.05) is 37.6 Å². The van der Waals surface area contributed by atoms with Crippen LogP contribution in [0.5, 0.6) is 0 Å². The van der Waals surface area contributed by atoms with Crippen LogP contribution in [0.1, 0.15) is 42.6 Å². The van der Waals surface area contributed by atoms with Gasteiger partial charge in [-0.05, 0) is 25.8 Å². The van der Waals surface area contributed by atoms with E-state index in [1.54, 1.807) is 11.5 Å². The van der Waals surface area contributed by atoms with Crippen LogP contribution in [0.2, 0.25) is 0 Å². The van der Waals surface area contributed by atoms with Crippen LogP contribution in [0.3, 0.4) is 0 Å². The molecule has 1 saturated carbocycles. The van der Waals surface area contributed by atoms with Gasteiger partial charge in [0.2, 0.25) is 5.43 Å². The molecule has 10 heteroatoms. The number of hydrogen-bond donors (Lipinski definition) is 1. The third kappa shape index (κ3) is 4.32. The minimum absolute atomic E-state index is 0. The van der Waals surface area contributed by atoms with Gasteiger partial charge in [-0.1, -0.05) is 0 Å². The van der Waals surface area contributed by atoms with E-state index in [0.29, 0.717) is 44.8 Å². The van der Waals surface area contributed by atoms with Crippen LogP contribution in [0.25, 0.3) is 11.0 Å². The Morgan fingerprint density at radius 3 is 2.47 bits per heavy atom. The van der Waals surface area contributed by atoms with Crippen LogP contribution in [0, 0.1) is 5.82 Å². The lowest BCUT2D eigenvalue weighted by Gasteiger charge is -2.35. The van der Waals surface area contributed by atoms with Crippen LogP contribution in [-0.2, 0) is 4.79 Å². The number of aromatic carboxylic acids is 1. The normalized spacial score (nSPS) is 17.1. The van der Waals surface area contributed by atoms with E-state index >= 15 is 0 Å². The molecule has 0 atom stereocenters. The Bertz CT molecular complexity index is 1050. The zero-order chi connectivity index (χ0) is 20.7. The first kappa shape index (κ1) is 22.2. The Labute approximate surface area is 178 Å². The molecule has 1 aliphatic carbocycles. The number of pyridine rings is 2. The number of carboxylic acids is 1. The molecule has 3 heterocycles. The average Bonchev–Trinajstić information content (AvgIpc) is 3.52. The molecule has 0 radical (unpaired) electrons. The van der Waals surface area contributed by atoms with Gasteiger partial charge >= 0.3 is 5.97 Å². The number of ketones is 1. The topological polar surface area (TPSA) is 95.7 Å². The molecule has 2 aliphatic rings. The largest absolute Gasteiger partial charge is 0.477 e. The van der Waals surface area contributed by atoms with Crippen molar-refractivity contribution in [3.8, 4) is 0 Å². The molecule has 0 unspecified atom stereocenters. The zero-order valence-corrected chi connectivity index (χ0v) is 17.5. The van der Waals surface area contributed by atoms with Gasteiger partial charge in [0.1, 0.15) is 17.0 Å². The van der Waals surface area contributed by atoms with Crippen molar-refractivity contribution in [3.63, 3.8) is 0 Å². The number of hydrogen-bond acceptors (Lipinski definition) is 6. The molecule has 30 heavy (non-hydrogen) atoms. The number of aromatic nitrogens is 2. The van der Waals surface area contributed by atoms with E-state index in [-0.39, 0.29) is 41.0 Å². The highest BCUT2D eigenvalue weighted by Gasteiger charge is 2.29. The Hall–Kier alpha value is -2.52. The van der Waals surface area contributed by atoms with Crippen molar-refractivity contribution in [3.05, 3.63) is 33.9 Å². The number of fused-ring (bicyclic) bond motifs is 1. The molecule has 0 spiro atoms. The number of Topliss-reactive ketones (excluding diaryl/α,β-unsaturated/α-hetero) is 1. The van der Waals surface area contributed by atoms with Crippen molar-refractivity contribution in [1.29, 1.82) is 0 Å². The molecule has 162 valence electrons. The van der Waals surface area contributed by atoms with Gasteiger partial charge in [-0.15, -0.1) is 12.4 Å². The summed E-state index contributed by atoms with van der Waals surface area (Å²) in [5, 5.41) is 9.32. The quantitative estimate of drug-likeness (QED) is 0.737. The van der Waals surface area contributed by atoms with E-state index in [4.69, 9.17) is 0 Å². The summed E-state index contributed by atoms with van der Waals surface area (Å²) in [7, 11) is 0. The number of carbonyl (C=O) groups excluding carboxylic acids is 1. The van der Waals surface area contributed by atoms with E-state index in [0.717, 1.165) is 18.9 Å². The van der Waals surface area contributed by atoms with Gasteiger partial charge in [0.15, 0.2) is 11.6 Å². The first-order chi connectivity index (χ1) is 13.8. The molecule has 2 fully saturated rings. The Kier molecular flexibility index (Phi) is 6.42. The summed E-state index contributed by atoms with van der Waals surface area (Å²) in [6.45, 7) is 4.78. The van der Waals surface area contributed by atoms with Crippen molar-refractivity contribution in [2.24, 2.45) is 0 Å². The van der Waals surface area contributed by atoms with Gasteiger partial charge in [0.05, 0.1) is 5.39 Å². The second kappa shape index (κ2) is 8.69. The molecule has 0 bridgehead atoms. The standard InChI is InChI=1S/C20H23FN4O4.ClH/c1-12(26)4-5-23-6-8-24(9-7-23)19-16(21)10-14-17(27)15(20(28)29)11-25(13-2-3-13)18(14)22-19;/h10-11,13H,2-9H2,1H3,(H,28,29);1H. The van der Waals surface area contributed by atoms with Crippen LogP contribution in [0.15, 0.2) is 17.1 Å². The van der Waals surface area contributed by atoms with E-state index < -0.39 is 17.2 Å². The number of anilines is 1. The maximum absolute atomic E-state index is 14.9. The van der Waals surface area contributed by atoms with Crippen LogP contribution >= 0.6 is 12.4 Å². The number of piperazine rings is 1. The number of rotatable bonds is 6. The first-order valence-electron chi connectivity index (χ1n) is 9.80. The Morgan fingerprint density at radius 2 is 1.90 bits per heavy atom. The molecule has 1 saturated heterocycles. The summed E-state index contributed by atoms with van der Waals surface area (Å²) in [5.41, 5.74) is -0.744. The monoisotopic (exact) mass is 438 g/mol. The van der Waals surface area contributed by atoms with Gasteiger partial charge in [0, 0.05) is 51.4 Å². The SMILES string of the molecule is CC(=O)CCN1CCN(c2nc3c(cc2F)c(=O)c(C(=O)O)cn3C2CC2)CC1.Cl. The summed E-state index contributed by atoms with van der Waals surface area (Å²) >= 11 is 0. The number of carboxylic acid groups (broad SMARTS) is 1. The van der Waals surface area contributed by atoms with E-state index in [1.165, 1.54) is 6.20 Å². The summed E-state index contributed by atoms with van der Waals surface area (Å²) in [4.78, 5) is 43.6. The number of carbonyl (C=O) groups is 2. The maximum Gasteiger partial charge on any atom is 0.341 e. The molecule has 0 amide bonds. The van der Waals surface area contributed by atoms with Crippen LogP contribution in [-0.4, -0.2) is 64.0 Å². The lowest BCUT2D eigenvalue weighted by molar-refractivity contribution is -0.117. The van der Waals surface area contributed by atoms with Gasteiger partial charge in [-0.2, -0.15) is 0 Å². The minimum atomic E-state index is -1.32. The molecular weight excluding hydrogens is 415 g/mol. The predicted molar refractivity (Wildman–Crippen MR) is 112 cm³/mol. The lowest BCUT2D eigenvalue weighted by Crippen LogP contribution is -2.47. The third-order valence-corrected chi connectivity index (χ3v) is 5.56. The fourth-order valence-electron chi connectivity index (χ4n) is 3.74. The summed E-state index contributed by atoms with van der Waals surface area (Å²) in [5.74, 6) is -1.62. The first-order valence-corrected chi connectivity index (χ1v) is 9.80. The molecule has 0 aromatic carbocycles. The van der Waals surface area contributed by atoms with Crippen molar-refractivity contribution in [2.45, 2.75) is 32.2 Å². The third-order valence-electron chi connectivity index (χ3n) is 5.56. The van der Waals surface area contributed by atoms with Gasteiger partial charge in [-0.3, -0.25) is 14.5 Å². The van der Waals surface area contributed by atoms with Crippen molar-refractivity contribution >= 4 is 41.0 Å². The molecule has 2 aromatic rings. The zero-order valence-electron chi connectivity index (χ0n) is 16.6. The van der Waals surface area contributed by atoms with E-state index in [9.17, 15) is 23.9 Å². The molecule has 4 rings (SSSR count). The second-order valence-corrected chi connectivity index (χ2v) is 7.76. The van der Waals surface area contributed by atoms with Crippen molar-refractivity contribution in [1.82, 2.24) is 14.5 Å². The van der Waals surface area contributed by atoms with Gasteiger partial charge in [-0.25, -0.2) is 14.2 Å². The van der Waals surface area contributed by atoms with Gasteiger partial charge < -0.3 is 14.6 Å². The molecule has 1 N–H and O–H groups in total. The molecule has 8 nitrogen and oxygen atoms in total. The molecular formula is C20H24ClFN4O4. The van der Waals surface area contributed by atoms with E-state index in [1.807, 2.05) is 4.90 Å².